The van der Waals surface area contributed by atoms with Gasteiger partial charge < -0.3 is 9.88 Å². The lowest BCUT2D eigenvalue weighted by atomic mass is 10.1. The second kappa shape index (κ2) is 11.7. The van der Waals surface area contributed by atoms with Crippen molar-refractivity contribution in [3.05, 3.63) is 101 Å². The third-order valence-electron chi connectivity index (χ3n) is 5.91. The highest BCUT2D eigenvalue weighted by Crippen LogP contribution is 2.19. The van der Waals surface area contributed by atoms with Crippen LogP contribution in [-0.4, -0.2) is 22.0 Å². The fraction of sp³-hybridized carbons (Fsp3) is 0.286. The molecule has 4 nitrogen and oxygen atoms in total. The van der Waals surface area contributed by atoms with Gasteiger partial charge in [0.25, 0.3) is 0 Å². The van der Waals surface area contributed by atoms with Crippen molar-refractivity contribution >= 4 is 28.5 Å². The molecular weight excluding hydrogens is 430 g/mol. The average molecular weight is 460 g/mol. The SMILES string of the molecule is O=C(Cc1ccccc1Cl)NCCCCCc1nc2ccccc2n1CCc1ccccc1. The molecule has 3 aromatic carbocycles. The Kier molecular flexibility index (Phi) is 8.15. The van der Waals surface area contributed by atoms with Crippen LogP contribution in [0.1, 0.15) is 36.2 Å². The highest BCUT2D eigenvalue weighted by atomic mass is 35.5. The monoisotopic (exact) mass is 459 g/mol. The summed E-state index contributed by atoms with van der Waals surface area (Å²) in [5, 5.41) is 3.65. The first-order chi connectivity index (χ1) is 16.2. The smallest absolute Gasteiger partial charge is 0.224 e. The molecule has 0 bridgehead atoms. The van der Waals surface area contributed by atoms with Crippen molar-refractivity contribution in [2.24, 2.45) is 0 Å². The van der Waals surface area contributed by atoms with E-state index in [1.165, 1.54) is 11.1 Å². The summed E-state index contributed by atoms with van der Waals surface area (Å²) in [6, 6.07) is 26.5. The predicted octanol–water partition coefficient (Wildman–Crippen LogP) is 6.00. The van der Waals surface area contributed by atoms with E-state index >= 15 is 0 Å². The molecule has 0 fully saturated rings. The molecule has 0 unspecified atom stereocenters. The van der Waals surface area contributed by atoms with Crippen LogP contribution in [0.4, 0.5) is 0 Å². The molecule has 1 amide bonds. The Balaban J connectivity index is 1.25. The molecule has 1 aromatic heterocycles. The molecule has 1 N–H and O–H groups in total. The number of imidazole rings is 1. The molecule has 1 heterocycles. The number of carbonyl (C=O) groups is 1. The number of aryl methyl sites for hydroxylation is 3. The second-order valence-electron chi connectivity index (χ2n) is 8.33. The van der Waals surface area contributed by atoms with Crippen molar-refractivity contribution in [3.8, 4) is 0 Å². The van der Waals surface area contributed by atoms with E-state index in [0.717, 1.165) is 55.6 Å². The van der Waals surface area contributed by atoms with Gasteiger partial charge in [0.15, 0.2) is 0 Å². The molecule has 4 rings (SSSR count). The summed E-state index contributed by atoms with van der Waals surface area (Å²) in [5.74, 6) is 1.17. The van der Waals surface area contributed by atoms with Crippen LogP contribution in [0.5, 0.6) is 0 Å². The van der Waals surface area contributed by atoms with Crippen molar-refractivity contribution in [1.29, 1.82) is 0 Å². The van der Waals surface area contributed by atoms with Crippen molar-refractivity contribution < 1.29 is 4.79 Å². The molecule has 0 spiro atoms. The van der Waals surface area contributed by atoms with Gasteiger partial charge in [-0.15, -0.1) is 0 Å². The first-order valence-corrected chi connectivity index (χ1v) is 12.1. The molecule has 5 heteroatoms. The lowest BCUT2D eigenvalue weighted by Gasteiger charge is -2.10. The maximum atomic E-state index is 12.2. The predicted molar refractivity (Wildman–Crippen MR) is 136 cm³/mol. The minimum absolute atomic E-state index is 0.0193. The van der Waals surface area contributed by atoms with E-state index in [-0.39, 0.29) is 5.91 Å². The summed E-state index contributed by atoms with van der Waals surface area (Å²) < 4.78 is 2.37. The standard InChI is InChI=1S/C28H30ClN3O/c29-24-14-7-6-13-23(24)21-28(33)30-19-10-2-5-17-27-31-25-15-8-9-16-26(25)32(27)20-18-22-11-3-1-4-12-22/h1,3-4,6-9,11-16H,2,5,10,17-21H2,(H,30,33). The van der Waals surface area contributed by atoms with Gasteiger partial charge in [-0.2, -0.15) is 0 Å². The summed E-state index contributed by atoms with van der Waals surface area (Å²) in [7, 11) is 0. The molecule has 0 aliphatic rings. The number of carbonyl (C=O) groups excluding carboxylic acids is 1. The fourth-order valence-corrected chi connectivity index (χ4v) is 4.34. The molecule has 0 aliphatic carbocycles. The van der Waals surface area contributed by atoms with Gasteiger partial charge in [0.2, 0.25) is 5.91 Å². The topological polar surface area (TPSA) is 46.9 Å². The Morgan fingerprint density at radius 3 is 2.45 bits per heavy atom. The van der Waals surface area contributed by atoms with Crippen LogP contribution in [0.25, 0.3) is 11.0 Å². The largest absolute Gasteiger partial charge is 0.356 e. The number of fused-ring (bicyclic) bond motifs is 1. The van der Waals surface area contributed by atoms with Gasteiger partial charge in [0, 0.05) is 24.5 Å². The lowest BCUT2D eigenvalue weighted by Crippen LogP contribution is -2.26. The van der Waals surface area contributed by atoms with Crippen LogP contribution in [0, 0.1) is 0 Å². The summed E-state index contributed by atoms with van der Waals surface area (Å²) >= 11 is 6.14. The van der Waals surface area contributed by atoms with Gasteiger partial charge in [-0.3, -0.25) is 4.79 Å². The van der Waals surface area contributed by atoms with Crippen molar-refractivity contribution in [2.45, 2.75) is 45.1 Å². The number of amides is 1. The van der Waals surface area contributed by atoms with Gasteiger partial charge in [-0.1, -0.05) is 78.7 Å². The number of nitrogens with zero attached hydrogens (tertiary/aromatic N) is 2. The fourth-order valence-electron chi connectivity index (χ4n) is 4.14. The van der Waals surface area contributed by atoms with E-state index in [4.69, 9.17) is 16.6 Å². The van der Waals surface area contributed by atoms with Crippen LogP contribution in [0.15, 0.2) is 78.9 Å². The summed E-state index contributed by atoms with van der Waals surface area (Å²) in [6.07, 6.45) is 5.32. The van der Waals surface area contributed by atoms with Crippen molar-refractivity contribution in [1.82, 2.24) is 14.9 Å². The number of hydrogen-bond donors (Lipinski definition) is 1. The van der Waals surface area contributed by atoms with Gasteiger partial charge >= 0.3 is 0 Å². The van der Waals surface area contributed by atoms with Crippen LogP contribution < -0.4 is 5.32 Å². The van der Waals surface area contributed by atoms with E-state index in [9.17, 15) is 4.79 Å². The number of aromatic nitrogens is 2. The quantitative estimate of drug-likeness (QED) is 0.279. The van der Waals surface area contributed by atoms with E-state index in [2.05, 4.69) is 58.4 Å². The minimum atomic E-state index is 0.0193. The molecule has 33 heavy (non-hydrogen) atoms. The van der Waals surface area contributed by atoms with Gasteiger partial charge in [-0.25, -0.2) is 4.98 Å². The summed E-state index contributed by atoms with van der Waals surface area (Å²) in [4.78, 5) is 17.1. The zero-order chi connectivity index (χ0) is 22.9. The summed E-state index contributed by atoms with van der Waals surface area (Å²) in [5.41, 5.74) is 4.47. The van der Waals surface area contributed by atoms with Crippen LogP contribution in [0.3, 0.4) is 0 Å². The Bertz CT molecular complexity index is 1190. The highest BCUT2D eigenvalue weighted by molar-refractivity contribution is 6.31. The maximum Gasteiger partial charge on any atom is 0.224 e. The number of unbranched alkanes of at least 4 members (excludes halogenated alkanes) is 2. The first kappa shape index (κ1) is 23.1. The molecule has 0 aliphatic heterocycles. The summed E-state index contributed by atoms with van der Waals surface area (Å²) in [6.45, 7) is 1.62. The second-order valence-corrected chi connectivity index (χ2v) is 8.74. The number of benzene rings is 3. The van der Waals surface area contributed by atoms with Crippen LogP contribution >= 0.6 is 11.6 Å². The zero-order valence-corrected chi connectivity index (χ0v) is 19.6. The zero-order valence-electron chi connectivity index (χ0n) is 18.8. The molecule has 4 aromatic rings. The normalized spacial score (nSPS) is 11.1. The molecule has 0 atom stereocenters. The van der Waals surface area contributed by atoms with Gasteiger partial charge in [0.1, 0.15) is 5.82 Å². The van der Waals surface area contributed by atoms with E-state index in [0.29, 0.717) is 18.0 Å². The minimum Gasteiger partial charge on any atom is -0.356 e. The molecular formula is C28H30ClN3O. The third-order valence-corrected chi connectivity index (χ3v) is 6.28. The number of rotatable bonds is 11. The number of para-hydroxylation sites is 2. The first-order valence-electron chi connectivity index (χ1n) is 11.7. The third kappa shape index (κ3) is 6.45. The van der Waals surface area contributed by atoms with Crippen molar-refractivity contribution in [3.63, 3.8) is 0 Å². The Morgan fingerprint density at radius 1 is 0.848 bits per heavy atom. The molecule has 0 saturated heterocycles. The molecule has 0 saturated carbocycles. The average Bonchev–Trinajstić information content (AvgIpc) is 3.19. The number of halogens is 1. The number of nitrogens with one attached hydrogen (secondary N) is 1. The van der Waals surface area contributed by atoms with Gasteiger partial charge in [0.05, 0.1) is 17.5 Å². The van der Waals surface area contributed by atoms with Crippen LogP contribution in [-0.2, 0) is 30.6 Å². The van der Waals surface area contributed by atoms with Crippen molar-refractivity contribution in [2.75, 3.05) is 6.54 Å². The van der Waals surface area contributed by atoms with E-state index in [1.807, 2.05) is 30.3 Å². The maximum absolute atomic E-state index is 12.2. The van der Waals surface area contributed by atoms with Crippen LogP contribution in [0.2, 0.25) is 5.02 Å². The van der Waals surface area contributed by atoms with E-state index in [1.54, 1.807) is 0 Å². The Hall–Kier alpha value is -3.11. The lowest BCUT2D eigenvalue weighted by molar-refractivity contribution is -0.120. The highest BCUT2D eigenvalue weighted by Gasteiger charge is 2.11. The Morgan fingerprint density at radius 2 is 1.61 bits per heavy atom. The number of hydrogen-bond acceptors (Lipinski definition) is 2. The molecule has 170 valence electrons. The van der Waals surface area contributed by atoms with E-state index < -0.39 is 0 Å². The molecule has 0 radical (unpaired) electrons. The Labute approximate surface area is 200 Å². The van der Waals surface area contributed by atoms with Gasteiger partial charge in [-0.05, 0) is 48.6 Å².